The number of rotatable bonds is 6. The number of carbonyl (C=O) groups is 2. The minimum atomic E-state index is -0.520. The summed E-state index contributed by atoms with van der Waals surface area (Å²) in [7, 11) is 0. The van der Waals surface area contributed by atoms with Crippen LogP contribution in [0.15, 0.2) is 61.7 Å². The van der Waals surface area contributed by atoms with Gasteiger partial charge in [-0.3, -0.25) is 0 Å². The Kier molecular flexibility index (Phi) is 5.74. The lowest BCUT2D eigenvalue weighted by atomic mass is 10.2. The van der Waals surface area contributed by atoms with E-state index in [9.17, 15) is 9.59 Å². The maximum atomic E-state index is 11.3. The molecule has 0 saturated carbocycles. The molecule has 0 fully saturated rings. The van der Waals surface area contributed by atoms with Gasteiger partial charge < -0.3 is 14.2 Å². The predicted molar refractivity (Wildman–Crippen MR) is 94.1 cm³/mol. The maximum Gasteiger partial charge on any atom is 0.335 e. The van der Waals surface area contributed by atoms with E-state index in [1.807, 2.05) is 13.8 Å². The highest BCUT2D eigenvalue weighted by atomic mass is 16.5. The highest BCUT2D eigenvalue weighted by molar-refractivity contribution is 5.84. The zero-order chi connectivity index (χ0) is 18.4. The Bertz CT molecular complexity index is 836. The Balaban J connectivity index is 2.15. The predicted octanol–water partition coefficient (Wildman–Crippen LogP) is 4.28. The second kappa shape index (κ2) is 7.97. The van der Waals surface area contributed by atoms with Crippen LogP contribution in [-0.2, 0) is 9.59 Å². The van der Waals surface area contributed by atoms with Gasteiger partial charge in [0.15, 0.2) is 0 Å². The van der Waals surface area contributed by atoms with E-state index in [1.54, 1.807) is 36.4 Å². The summed E-state index contributed by atoms with van der Waals surface area (Å²) in [5, 5.41) is 0. The molecule has 2 rings (SSSR count). The van der Waals surface area contributed by atoms with Crippen molar-refractivity contribution < 1.29 is 23.8 Å². The van der Waals surface area contributed by atoms with E-state index in [1.165, 1.54) is 0 Å². The molecule has 0 amide bonds. The Morgan fingerprint density at radius 3 is 1.92 bits per heavy atom. The van der Waals surface area contributed by atoms with Gasteiger partial charge in [-0.1, -0.05) is 13.2 Å². The van der Waals surface area contributed by atoms with Crippen LogP contribution in [0, 0.1) is 13.8 Å². The number of benzene rings is 2. The van der Waals surface area contributed by atoms with Crippen LogP contribution >= 0.6 is 0 Å². The van der Waals surface area contributed by atoms with Crippen LogP contribution in [0.3, 0.4) is 0 Å². The second-order valence-corrected chi connectivity index (χ2v) is 5.21. The molecule has 2 aromatic carbocycles. The minimum absolute atomic E-state index is 0.414. The quantitative estimate of drug-likeness (QED) is 0.447. The molecule has 5 nitrogen and oxygen atoms in total. The molecular formula is C20H18O5. The number of hydrogen-bond donors (Lipinski definition) is 0. The van der Waals surface area contributed by atoms with Gasteiger partial charge in [0.05, 0.1) is 0 Å². The van der Waals surface area contributed by atoms with Crippen LogP contribution in [-0.4, -0.2) is 11.9 Å². The van der Waals surface area contributed by atoms with Crippen molar-refractivity contribution in [2.24, 2.45) is 0 Å². The van der Waals surface area contributed by atoms with Gasteiger partial charge in [0.25, 0.3) is 0 Å². The van der Waals surface area contributed by atoms with Gasteiger partial charge >= 0.3 is 11.9 Å². The number of hydrogen-bond acceptors (Lipinski definition) is 5. The number of ether oxygens (including phenoxy) is 3. The van der Waals surface area contributed by atoms with Crippen molar-refractivity contribution in [2.45, 2.75) is 13.8 Å². The second-order valence-electron chi connectivity index (χ2n) is 5.21. The smallest absolute Gasteiger partial charge is 0.335 e. The molecule has 0 N–H and O–H groups in total. The van der Waals surface area contributed by atoms with Crippen molar-refractivity contribution in [3.8, 4) is 23.0 Å². The van der Waals surface area contributed by atoms with Gasteiger partial charge in [-0.2, -0.15) is 0 Å². The van der Waals surface area contributed by atoms with E-state index in [2.05, 4.69) is 13.2 Å². The zero-order valence-corrected chi connectivity index (χ0v) is 14.1. The minimum Gasteiger partial charge on any atom is -0.457 e. The molecule has 0 radical (unpaired) electrons. The van der Waals surface area contributed by atoms with Gasteiger partial charge in [0.1, 0.15) is 23.0 Å². The number of carbonyl (C=O) groups excluding carboxylic acids is 2. The van der Waals surface area contributed by atoms with Crippen LogP contribution in [0.5, 0.6) is 23.0 Å². The molecule has 25 heavy (non-hydrogen) atoms. The van der Waals surface area contributed by atoms with E-state index in [4.69, 9.17) is 14.2 Å². The van der Waals surface area contributed by atoms with Crippen LogP contribution in [0.1, 0.15) is 11.1 Å². The third-order valence-electron chi connectivity index (χ3n) is 3.28. The first-order chi connectivity index (χ1) is 11.9. The molecular weight excluding hydrogens is 320 g/mol. The van der Waals surface area contributed by atoms with E-state index >= 15 is 0 Å². The molecule has 0 aliphatic rings. The van der Waals surface area contributed by atoms with Crippen molar-refractivity contribution in [3.63, 3.8) is 0 Å². The Labute approximate surface area is 146 Å². The van der Waals surface area contributed by atoms with Crippen LogP contribution < -0.4 is 14.2 Å². The monoisotopic (exact) mass is 338 g/mol. The molecule has 2 aromatic rings. The standard InChI is InChI=1S/C20H18O5/c1-5-19(21)24-16-8-9-17(13(3)12-16)23-15-7-10-18(14(4)11-15)25-20(22)6-2/h5-12H,1-2H2,3-4H3. The van der Waals surface area contributed by atoms with Gasteiger partial charge in [0, 0.05) is 12.2 Å². The van der Waals surface area contributed by atoms with Crippen molar-refractivity contribution in [1.82, 2.24) is 0 Å². The number of esters is 2. The molecule has 128 valence electrons. The maximum absolute atomic E-state index is 11.3. The largest absolute Gasteiger partial charge is 0.457 e. The Morgan fingerprint density at radius 1 is 0.800 bits per heavy atom. The molecule has 5 heteroatoms. The highest BCUT2D eigenvalue weighted by Gasteiger charge is 2.09. The average molecular weight is 338 g/mol. The summed E-state index contributed by atoms with van der Waals surface area (Å²) in [6.45, 7) is 10.4. The number of aryl methyl sites for hydroxylation is 2. The van der Waals surface area contributed by atoms with Gasteiger partial charge in [-0.05, 0) is 61.4 Å². The summed E-state index contributed by atoms with van der Waals surface area (Å²) in [4.78, 5) is 22.5. The first kappa shape index (κ1) is 18.0. The molecule has 0 atom stereocenters. The fourth-order valence-electron chi connectivity index (χ4n) is 2.03. The normalized spacial score (nSPS) is 9.84. The summed E-state index contributed by atoms with van der Waals surface area (Å²) in [6, 6.07) is 10.2. The third kappa shape index (κ3) is 4.81. The average Bonchev–Trinajstić information content (AvgIpc) is 2.59. The summed E-state index contributed by atoms with van der Waals surface area (Å²) < 4.78 is 16.0. The van der Waals surface area contributed by atoms with Crippen molar-refractivity contribution in [1.29, 1.82) is 0 Å². The highest BCUT2D eigenvalue weighted by Crippen LogP contribution is 2.31. The fraction of sp³-hybridized carbons (Fsp3) is 0.100. The molecule has 0 heterocycles. The van der Waals surface area contributed by atoms with Crippen molar-refractivity contribution in [3.05, 3.63) is 72.8 Å². The molecule has 0 saturated heterocycles. The van der Waals surface area contributed by atoms with E-state index < -0.39 is 11.9 Å². The molecule has 0 bridgehead atoms. The topological polar surface area (TPSA) is 61.8 Å². The lowest BCUT2D eigenvalue weighted by molar-refractivity contribution is -0.129. The molecule has 0 aliphatic heterocycles. The van der Waals surface area contributed by atoms with E-state index in [0.29, 0.717) is 23.0 Å². The molecule has 0 aromatic heterocycles. The van der Waals surface area contributed by atoms with Crippen molar-refractivity contribution in [2.75, 3.05) is 0 Å². The van der Waals surface area contributed by atoms with Gasteiger partial charge in [0.2, 0.25) is 0 Å². The molecule has 0 spiro atoms. The summed E-state index contributed by atoms with van der Waals surface area (Å²) >= 11 is 0. The SMILES string of the molecule is C=CC(=O)Oc1ccc(Oc2ccc(OC(=O)C=C)c(C)c2)c(C)c1. The lowest BCUT2D eigenvalue weighted by Crippen LogP contribution is -2.04. The Hall–Kier alpha value is -3.34. The third-order valence-corrected chi connectivity index (χ3v) is 3.28. The summed E-state index contributed by atoms with van der Waals surface area (Å²) in [6.07, 6.45) is 2.21. The van der Waals surface area contributed by atoms with Crippen LogP contribution in [0.25, 0.3) is 0 Å². The lowest BCUT2D eigenvalue weighted by Gasteiger charge is -2.12. The van der Waals surface area contributed by atoms with E-state index in [0.717, 1.165) is 23.3 Å². The van der Waals surface area contributed by atoms with Crippen molar-refractivity contribution >= 4 is 11.9 Å². The van der Waals surface area contributed by atoms with Gasteiger partial charge in [-0.25, -0.2) is 9.59 Å². The summed E-state index contributed by atoms with van der Waals surface area (Å²) in [5.74, 6) is 1.03. The molecule has 0 aliphatic carbocycles. The summed E-state index contributed by atoms with van der Waals surface area (Å²) in [5.41, 5.74) is 1.55. The zero-order valence-electron chi connectivity index (χ0n) is 14.1. The van der Waals surface area contributed by atoms with Crippen LogP contribution in [0.2, 0.25) is 0 Å². The van der Waals surface area contributed by atoms with E-state index in [-0.39, 0.29) is 0 Å². The fourth-order valence-corrected chi connectivity index (χ4v) is 2.03. The first-order valence-electron chi connectivity index (χ1n) is 7.50. The van der Waals surface area contributed by atoms with Gasteiger partial charge in [-0.15, -0.1) is 0 Å². The van der Waals surface area contributed by atoms with Crippen LogP contribution in [0.4, 0.5) is 0 Å². The Morgan fingerprint density at radius 2 is 1.32 bits per heavy atom. The first-order valence-corrected chi connectivity index (χ1v) is 7.50. The molecule has 0 unspecified atom stereocenters.